The third kappa shape index (κ3) is 3.19. The molecule has 1 heterocycles. The Balaban J connectivity index is 1.53. The Labute approximate surface area is 97.6 Å². The minimum absolute atomic E-state index is 0.0474. The number of rotatable bonds is 5. The first kappa shape index (κ1) is 11.9. The number of carbonyl (C=O) groups excluding carboxylic acids is 1. The van der Waals surface area contributed by atoms with Gasteiger partial charge in [0.25, 0.3) is 0 Å². The van der Waals surface area contributed by atoms with Crippen LogP contribution in [0.3, 0.4) is 0 Å². The van der Waals surface area contributed by atoms with Crippen LogP contribution in [0.1, 0.15) is 38.5 Å². The molecule has 1 aliphatic carbocycles. The van der Waals surface area contributed by atoms with Crippen LogP contribution in [0.15, 0.2) is 0 Å². The second-order valence-corrected chi connectivity index (χ2v) is 5.17. The second-order valence-electron chi connectivity index (χ2n) is 5.17. The fourth-order valence-corrected chi connectivity index (χ4v) is 2.23. The number of nitrogens with two attached hydrogens (primary N) is 1. The molecule has 1 amide bonds. The fraction of sp³-hybridized carbons (Fsp3) is 0.917. The molecule has 4 nitrogen and oxygen atoms in total. The fourth-order valence-electron chi connectivity index (χ4n) is 2.23. The molecule has 1 saturated heterocycles. The van der Waals surface area contributed by atoms with Crippen LogP contribution in [-0.2, 0) is 4.79 Å². The van der Waals surface area contributed by atoms with E-state index in [0.29, 0.717) is 0 Å². The van der Waals surface area contributed by atoms with E-state index < -0.39 is 5.54 Å². The molecule has 0 spiro atoms. The Morgan fingerprint density at radius 1 is 1.25 bits per heavy atom. The molecule has 2 aliphatic rings. The molecule has 3 N–H and O–H groups in total. The van der Waals surface area contributed by atoms with E-state index in [1.165, 1.54) is 32.4 Å². The number of piperidine rings is 1. The predicted molar refractivity (Wildman–Crippen MR) is 64.1 cm³/mol. The zero-order valence-electron chi connectivity index (χ0n) is 10.0. The largest absolute Gasteiger partial charge is 0.354 e. The zero-order chi connectivity index (χ0) is 11.4. The Bertz CT molecular complexity index is 245. The molecule has 0 aromatic rings. The van der Waals surface area contributed by atoms with Crippen LogP contribution in [-0.4, -0.2) is 42.5 Å². The van der Waals surface area contributed by atoms with Gasteiger partial charge in [0.1, 0.15) is 0 Å². The molecule has 0 bridgehead atoms. The summed E-state index contributed by atoms with van der Waals surface area (Å²) in [6.45, 7) is 4.34. The molecule has 0 unspecified atom stereocenters. The van der Waals surface area contributed by atoms with Gasteiger partial charge in [0.2, 0.25) is 5.91 Å². The topological polar surface area (TPSA) is 58.4 Å². The lowest BCUT2D eigenvalue weighted by Gasteiger charge is -2.26. The van der Waals surface area contributed by atoms with Gasteiger partial charge in [-0.1, -0.05) is 6.42 Å². The highest BCUT2D eigenvalue weighted by Crippen LogP contribution is 2.31. The monoisotopic (exact) mass is 225 g/mol. The SMILES string of the molecule is NC1(C(=O)NCCCN2CCCCC2)CC1. The molecule has 1 aliphatic heterocycles. The van der Waals surface area contributed by atoms with Gasteiger partial charge >= 0.3 is 0 Å². The van der Waals surface area contributed by atoms with Crippen molar-refractivity contribution in [2.75, 3.05) is 26.2 Å². The van der Waals surface area contributed by atoms with E-state index in [-0.39, 0.29) is 5.91 Å². The van der Waals surface area contributed by atoms with Gasteiger partial charge in [0.05, 0.1) is 5.54 Å². The minimum atomic E-state index is -0.509. The third-order valence-corrected chi connectivity index (χ3v) is 3.63. The maximum atomic E-state index is 11.5. The van der Waals surface area contributed by atoms with E-state index in [2.05, 4.69) is 10.2 Å². The average molecular weight is 225 g/mol. The lowest BCUT2D eigenvalue weighted by atomic mass is 10.1. The lowest BCUT2D eigenvalue weighted by molar-refractivity contribution is -0.123. The highest BCUT2D eigenvalue weighted by atomic mass is 16.2. The summed E-state index contributed by atoms with van der Waals surface area (Å²) in [4.78, 5) is 14.0. The first-order valence-electron chi connectivity index (χ1n) is 6.50. The molecule has 2 fully saturated rings. The van der Waals surface area contributed by atoms with Crippen LogP contribution in [0.4, 0.5) is 0 Å². The van der Waals surface area contributed by atoms with Gasteiger partial charge in [0.15, 0.2) is 0 Å². The Kier molecular flexibility index (Phi) is 3.82. The van der Waals surface area contributed by atoms with Crippen molar-refractivity contribution in [2.24, 2.45) is 5.73 Å². The van der Waals surface area contributed by atoms with Crippen molar-refractivity contribution in [3.05, 3.63) is 0 Å². The van der Waals surface area contributed by atoms with Crippen molar-refractivity contribution < 1.29 is 4.79 Å². The first-order chi connectivity index (χ1) is 7.71. The highest BCUT2D eigenvalue weighted by Gasteiger charge is 2.45. The number of likely N-dealkylation sites (tertiary alicyclic amines) is 1. The van der Waals surface area contributed by atoms with Gasteiger partial charge in [0, 0.05) is 6.54 Å². The standard InChI is InChI=1S/C12H23N3O/c13-12(5-6-12)11(16)14-7-4-10-15-8-2-1-3-9-15/h1-10,13H2,(H,14,16). The van der Waals surface area contributed by atoms with Gasteiger partial charge in [-0.05, 0) is 51.7 Å². The van der Waals surface area contributed by atoms with Gasteiger partial charge in [-0.2, -0.15) is 0 Å². The molecule has 0 atom stereocenters. The van der Waals surface area contributed by atoms with E-state index in [4.69, 9.17) is 5.73 Å². The molecule has 4 heteroatoms. The van der Waals surface area contributed by atoms with E-state index >= 15 is 0 Å². The summed E-state index contributed by atoms with van der Waals surface area (Å²) >= 11 is 0. The number of hydrogen-bond acceptors (Lipinski definition) is 3. The summed E-state index contributed by atoms with van der Waals surface area (Å²) in [6, 6.07) is 0. The quantitative estimate of drug-likeness (QED) is 0.669. The van der Waals surface area contributed by atoms with Crippen LogP contribution in [0.25, 0.3) is 0 Å². The minimum Gasteiger partial charge on any atom is -0.354 e. The number of carbonyl (C=O) groups is 1. The third-order valence-electron chi connectivity index (χ3n) is 3.63. The number of amides is 1. The first-order valence-corrected chi connectivity index (χ1v) is 6.50. The smallest absolute Gasteiger partial charge is 0.240 e. The highest BCUT2D eigenvalue weighted by molar-refractivity contribution is 5.88. The van der Waals surface area contributed by atoms with Gasteiger partial charge in [-0.25, -0.2) is 0 Å². The summed E-state index contributed by atoms with van der Waals surface area (Å²) in [5.74, 6) is 0.0474. The molecule has 0 aromatic heterocycles. The maximum absolute atomic E-state index is 11.5. The summed E-state index contributed by atoms with van der Waals surface area (Å²) in [5.41, 5.74) is 5.28. The zero-order valence-corrected chi connectivity index (χ0v) is 10.0. The Morgan fingerprint density at radius 3 is 2.56 bits per heavy atom. The molecule has 16 heavy (non-hydrogen) atoms. The normalized spacial score (nSPS) is 24.1. The van der Waals surface area contributed by atoms with Crippen molar-refractivity contribution >= 4 is 5.91 Å². The van der Waals surface area contributed by atoms with Crippen LogP contribution < -0.4 is 11.1 Å². The van der Waals surface area contributed by atoms with Crippen LogP contribution in [0, 0.1) is 0 Å². The van der Waals surface area contributed by atoms with Crippen molar-refractivity contribution in [3.63, 3.8) is 0 Å². The summed E-state index contributed by atoms with van der Waals surface area (Å²) in [6.07, 6.45) is 6.79. The van der Waals surface area contributed by atoms with Crippen LogP contribution >= 0.6 is 0 Å². The van der Waals surface area contributed by atoms with E-state index in [1.54, 1.807) is 0 Å². The number of nitrogens with one attached hydrogen (secondary N) is 1. The summed E-state index contributed by atoms with van der Waals surface area (Å²) in [5, 5.41) is 2.93. The average Bonchev–Trinajstić information content (AvgIpc) is 3.05. The molecular weight excluding hydrogens is 202 g/mol. The lowest BCUT2D eigenvalue weighted by Crippen LogP contribution is -2.43. The molecule has 0 aromatic carbocycles. The van der Waals surface area contributed by atoms with E-state index in [9.17, 15) is 4.79 Å². The van der Waals surface area contributed by atoms with Crippen LogP contribution in [0.2, 0.25) is 0 Å². The Morgan fingerprint density at radius 2 is 1.94 bits per heavy atom. The predicted octanol–water partition coefficient (Wildman–Crippen LogP) is 0.470. The number of nitrogens with zero attached hydrogens (tertiary/aromatic N) is 1. The Hall–Kier alpha value is -0.610. The molecule has 92 valence electrons. The molecule has 1 saturated carbocycles. The van der Waals surface area contributed by atoms with Gasteiger partial charge in [-0.3, -0.25) is 4.79 Å². The molecule has 0 radical (unpaired) electrons. The van der Waals surface area contributed by atoms with Crippen molar-refractivity contribution in [1.29, 1.82) is 0 Å². The number of hydrogen-bond donors (Lipinski definition) is 2. The van der Waals surface area contributed by atoms with E-state index in [0.717, 1.165) is 32.4 Å². The second kappa shape index (κ2) is 5.15. The maximum Gasteiger partial charge on any atom is 0.240 e. The van der Waals surface area contributed by atoms with Crippen molar-refractivity contribution in [3.8, 4) is 0 Å². The van der Waals surface area contributed by atoms with Crippen molar-refractivity contribution in [1.82, 2.24) is 10.2 Å². The van der Waals surface area contributed by atoms with Gasteiger partial charge < -0.3 is 16.0 Å². The molecule has 2 rings (SSSR count). The van der Waals surface area contributed by atoms with E-state index in [1.807, 2.05) is 0 Å². The van der Waals surface area contributed by atoms with Gasteiger partial charge in [-0.15, -0.1) is 0 Å². The molecular formula is C12H23N3O. The summed E-state index contributed by atoms with van der Waals surface area (Å²) in [7, 11) is 0. The van der Waals surface area contributed by atoms with Crippen LogP contribution in [0.5, 0.6) is 0 Å². The van der Waals surface area contributed by atoms with Crippen molar-refractivity contribution in [2.45, 2.75) is 44.1 Å². The summed E-state index contributed by atoms with van der Waals surface area (Å²) < 4.78 is 0.